The van der Waals surface area contributed by atoms with Crippen molar-refractivity contribution in [3.8, 4) is 0 Å². The Morgan fingerprint density at radius 2 is 1.97 bits per heavy atom. The first-order valence-corrected chi connectivity index (χ1v) is 9.91. The molecule has 0 unspecified atom stereocenters. The summed E-state index contributed by atoms with van der Waals surface area (Å²) < 4.78 is 6.55. The fourth-order valence-corrected chi connectivity index (χ4v) is 3.62. The Morgan fingerprint density at radius 1 is 1.23 bits per heavy atom. The summed E-state index contributed by atoms with van der Waals surface area (Å²) in [5, 5.41) is 53.9. The molecule has 0 bridgehead atoms. The van der Waals surface area contributed by atoms with Gasteiger partial charge in [0, 0.05) is 11.6 Å². The molecule has 3 aromatic rings. The highest BCUT2D eigenvalue weighted by Gasteiger charge is 2.44. The third-order valence-corrected chi connectivity index (χ3v) is 5.31. The van der Waals surface area contributed by atoms with Crippen LogP contribution in [0.1, 0.15) is 11.8 Å². The number of anilines is 1. The predicted molar refractivity (Wildman–Crippen MR) is 113 cm³/mol. The number of nitro groups is 2. The van der Waals surface area contributed by atoms with E-state index in [1.807, 2.05) is 0 Å². The summed E-state index contributed by atoms with van der Waals surface area (Å²) in [4.78, 5) is 55.6. The van der Waals surface area contributed by atoms with Gasteiger partial charge in [-0.25, -0.2) is 4.98 Å². The van der Waals surface area contributed by atoms with Crippen molar-refractivity contribution in [3.63, 3.8) is 0 Å². The molecule has 17 heteroatoms. The Kier molecular flexibility index (Phi) is 6.22. The number of hydrogen-bond donors (Lipinski definition) is 5. The van der Waals surface area contributed by atoms with E-state index in [1.165, 1.54) is 0 Å². The molecule has 184 valence electrons. The number of carbonyl (C=O) groups excluding carboxylic acids is 1. The lowest BCUT2D eigenvalue weighted by Crippen LogP contribution is -2.33. The van der Waals surface area contributed by atoms with E-state index in [1.54, 1.807) is 0 Å². The maximum Gasteiger partial charge on any atom is 0.280 e. The number of fused-ring (bicyclic) bond motifs is 1. The lowest BCUT2D eigenvalue weighted by Gasteiger charge is -2.16. The van der Waals surface area contributed by atoms with Gasteiger partial charge in [0.2, 0.25) is 11.9 Å². The monoisotopic (exact) mass is 491 g/mol. The van der Waals surface area contributed by atoms with Crippen molar-refractivity contribution in [1.82, 2.24) is 19.5 Å². The van der Waals surface area contributed by atoms with Gasteiger partial charge in [-0.1, -0.05) is 0 Å². The van der Waals surface area contributed by atoms with Crippen LogP contribution in [0, 0.1) is 20.2 Å². The molecular weight excluding hydrogens is 474 g/mol. The highest BCUT2D eigenvalue weighted by molar-refractivity contribution is 5.92. The van der Waals surface area contributed by atoms with Gasteiger partial charge < -0.3 is 20.1 Å². The molecule has 0 radical (unpaired) electrons. The molecule has 1 fully saturated rings. The lowest BCUT2D eigenvalue weighted by molar-refractivity contribution is -0.394. The number of ether oxygens (including phenoxy) is 1. The molecule has 4 atom stereocenters. The summed E-state index contributed by atoms with van der Waals surface area (Å²) in [5.74, 6) is -1.19. The number of aliphatic hydroxyl groups is 3. The Morgan fingerprint density at radius 3 is 2.60 bits per heavy atom. The molecule has 3 heterocycles. The number of aromatic amines is 1. The number of nitrogens with one attached hydrogen (secondary N) is 2. The average Bonchev–Trinajstić information content (AvgIpc) is 3.34. The van der Waals surface area contributed by atoms with Gasteiger partial charge >= 0.3 is 0 Å². The summed E-state index contributed by atoms with van der Waals surface area (Å²) in [6.07, 6.45) is -4.67. The summed E-state index contributed by atoms with van der Waals surface area (Å²) in [5.41, 5.74) is -2.33. The number of benzene rings is 1. The topological polar surface area (TPSA) is 249 Å². The Bertz CT molecular complexity index is 1390. The minimum Gasteiger partial charge on any atom is -0.394 e. The molecular formula is C18H17N7O10. The number of H-pyrrole nitrogens is 1. The standard InChI is InChI=1S/C18H17N7O10/c26-5-10-13(28)14(29)17(35-10)23-6-19-12-15(23)21-18(22-16(12)30)20-11(27)3-7-1-2-8(24(31)32)4-9(7)25(33)34/h1-2,4,6,10,13-14,17,26,28-29H,3,5H2,(H2,20,21,22,27,30)/t10-,13+,14+,17-/m1/s1. The zero-order valence-electron chi connectivity index (χ0n) is 17.5. The smallest absolute Gasteiger partial charge is 0.280 e. The van der Waals surface area contributed by atoms with Crippen LogP contribution in [-0.4, -0.2) is 75.5 Å². The van der Waals surface area contributed by atoms with Crippen molar-refractivity contribution in [2.45, 2.75) is 31.0 Å². The summed E-state index contributed by atoms with van der Waals surface area (Å²) in [7, 11) is 0. The minimum absolute atomic E-state index is 0.113. The van der Waals surface area contributed by atoms with Crippen LogP contribution >= 0.6 is 0 Å². The molecule has 5 N–H and O–H groups in total. The Hall–Kier alpha value is -4.32. The molecule has 1 amide bonds. The van der Waals surface area contributed by atoms with Gasteiger partial charge in [-0.05, 0) is 6.07 Å². The molecule has 0 aliphatic carbocycles. The van der Waals surface area contributed by atoms with Crippen molar-refractivity contribution in [3.05, 3.63) is 60.7 Å². The number of hydrogen-bond acceptors (Lipinski definition) is 12. The fraction of sp³-hybridized carbons (Fsp3) is 0.333. The summed E-state index contributed by atoms with van der Waals surface area (Å²) >= 11 is 0. The molecule has 35 heavy (non-hydrogen) atoms. The second kappa shape index (κ2) is 9.14. The average molecular weight is 491 g/mol. The van der Waals surface area contributed by atoms with Crippen LogP contribution in [0.15, 0.2) is 29.3 Å². The first-order valence-electron chi connectivity index (χ1n) is 9.91. The SMILES string of the molecule is O=C(Cc1ccc([N+](=O)[O-])cc1[N+](=O)[O-])Nc1nc2c(ncn2[C@@H]2O[C@H](CO)[C@H](O)[C@@H]2O)c(=O)[nH]1. The number of aliphatic hydroxyl groups excluding tert-OH is 3. The molecule has 4 rings (SSSR count). The van der Waals surface area contributed by atoms with Crippen molar-refractivity contribution in [1.29, 1.82) is 0 Å². The Balaban J connectivity index is 1.60. The largest absolute Gasteiger partial charge is 0.394 e. The van der Waals surface area contributed by atoms with Crippen LogP contribution in [0.25, 0.3) is 11.2 Å². The molecule has 1 aliphatic rings. The number of amides is 1. The van der Waals surface area contributed by atoms with E-state index in [2.05, 4.69) is 20.3 Å². The van der Waals surface area contributed by atoms with E-state index in [0.717, 1.165) is 29.1 Å². The van der Waals surface area contributed by atoms with E-state index >= 15 is 0 Å². The van der Waals surface area contributed by atoms with Crippen LogP contribution in [0.4, 0.5) is 17.3 Å². The van der Waals surface area contributed by atoms with Gasteiger partial charge in [0.05, 0.1) is 35.3 Å². The van der Waals surface area contributed by atoms with E-state index in [0.29, 0.717) is 0 Å². The maximum atomic E-state index is 12.5. The molecule has 1 aromatic carbocycles. The lowest BCUT2D eigenvalue weighted by atomic mass is 10.1. The fourth-order valence-electron chi connectivity index (χ4n) is 3.62. The quantitative estimate of drug-likeness (QED) is 0.192. The van der Waals surface area contributed by atoms with Crippen molar-refractivity contribution in [2.24, 2.45) is 0 Å². The molecule has 0 saturated carbocycles. The molecule has 1 saturated heterocycles. The third kappa shape index (κ3) is 4.43. The third-order valence-electron chi connectivity index (χ3n) is 5.31. The van der Waals surface area contributed by atoms with Crippen LogP contribution in [0.3, 0.4) is 0 Å². The van der Waals surface area contributed by atoms with E-state index in [-0.39, 0.29) is 22.7 Å². The molecule has 0 spiro atoms. The summed E-state index contributed by atoms with van der Waals surface area (Å²) in [6, 6.07) is 2.82. The first kappa shape index (κ1) is 23.8. The van der Waals surface area contributed by atoms with Crippen molar-refractivity contribution < 1.29 is 34.7 Å². The van der Waals surface area contributed by atoms with Gasteiger partial charge in [0.15, 0.2) is 17.4 Å². The maximum absolute atomic E-state index is 12.5. The van der Waals surface area contributed by atoms with Crippen molar-refractivity contribution in [2.75, 3.05) is 11.9 Å². The van der Waals surface area contributed by atoms with Crippen LogP contribution in [0.2, 0.25) is 0 Å². The van der Waals surface area contributed by atoms with Gasteiger partial charge in [-0.2, -0.15) is 4.98 Å². The highest BCUT2D eigenvalue weighted by atomic mass is 16.6. The molecule has 17 nitrogen and oxygen atoms in total. The number of nitro benzene ring substituents is 2. The van der Waals surface area contributed by atoms with E-state index in [9.17, 15) is 45.1 Å². The number of non-ortho nitro benzene ring substituents is 1. The second-order valence-electron chi connectivity index (χ2n) is 7.52. The van der Waals surface area contributed by atoms with Gasteiger partial charge in [-0.15, -0.1) is 0 Å². The normalized spacial score (nSPS) is 21.8. The number of nitrogens with zero attached hydrogens (tertiary/aromatic N) is 5. The second-order valence-corrected chi connectivity index (χ2v) is 7.52. The predicted octanol–water partition coefficient (Wildman–Crippen LogP) is -1.27. The van der Waals surface area contributed by atoms with Crippen LogP contribution < -0.4 is 10.9 Å². The number of rotatable bonds is 7. The number of imidazole rings is 1. The molecule has 2 aromatic heterocycles. The minimum atomic E-state index is -1.48. The van der Waals surface area contributed by atoms with Crippen LogP contribution in [-0.2, 0) is 16.0 Å². The van der Waals surface area contributed by atoms with Gasteiger partial charge in [0.1, 0.15) is 18.3 Å². The highest BCUT2D eigenvalue weighted by Crippen LogP contribution is 2.31. The van der Waals surface area contributed by atoms with Gasteiger partial charge in [0.25, 0.3) is 16.9 Å². The van der Waals surface area contributed by atoms with E-state index < -0.39 is 70.3 Å². The van der Waals surface area contributed by atoms with Crippen molar-refractivity contribution >= 4 is 34.4 Å². The van der Waals surface area contributed by atoms with Crippen LogP contribution in [0.5, 0.6) is 0 Å². The first-order chi connectivity index (χ1) is 16.6. The molecule has 1 aliphatic heterocycles. The van der Waals surface area contributed by atoms with Gasteiger partial charge in [-0.3, -0.25) is 44.7 Å². The zero-order valence-corrected chi connectivity index (χ0v) is 17.5. The zero-order chi connectivity index (χ0) is 25.4. The Labute approximate surface area is 192 Å². The summed E-state index contributed by atoms with van der Waals surface area (Å²) in [6.45, 7) is -0.578. The number of carbonyl (C=O) groups is 1. The number of aromatic nitrogens is 4. The van der Waals surface area contributed by atoms with E-state index in [4.69, 9.17) is 4.74 Å².